The van der Waals surface area contributed by atoms with Crippen LogP contribution in [0.5, 0.6) is 5.75 Å². The average Bonchev–Trinajstić information content (AvgIpc) is 2.87. The van der Waals surface area contributed by atoms with Crippen LogP contribution in [-0.4, -0.2) is 13.7 Å². The van der Waals surface area contributed by atoms with Gasteiger partial charge in [0, 0.05) is 9.75 Å². The third-order valence-corrected chi connectivity index (χ3v) is 4.23. The lowest BCUT2D eigenvalue weighted by molar-refractivity contribution is 0.397. The molecule has 0 radical (unpaired) electrons. The molecule has 4 heteroatoms. The second kappa shape index (κ2) is 6.86. The molecule has 0 aliphatic heterocycles. The molecule has 108 valence electrons. The van der Waals surface area contributed by atoms with E-state index in [1.165, 1.54) is 10.9 Å². The first-order chi connectivity index (χ1) is 9.67. The van der Waals surface area contributed by atoms with Crippen LogP contribution in [0.25, 0.3) is 0 Å². The van der Waals surface area contributed by atoms with Crippen LogP contribution in [0.15, 0.2) is 30.3 Å². The first-order valence-corrected chi connectivity index (χ1v) is 7.61. The van der Waals surface area contributed by atoms with Crippen LogP contribution in [0.1, 0.15) is 34.7 Å². The Bertz CT molecular complexity index is 567. The highest BCUT2D eigenvalue weighted by Crippen LogP contribution is 2.35. The molecule has 1 aromatic carbocycles. The van der Waals surface area contributed by atoms with Crippen LogP contribution in [0, 0.1) is 12.7 Å². The van der Waals surface area contributed by atoms with E-state index in [0.29, 0.717) is 11.3 Å². The summed E-state index contributed by atoms with van der Waals surface area (Å²) in [5.74, 6) is 0.355. The Hall–Kier alpha value is -1.39. The Kier molecular flexibility index (Phi) is 5.15. The van der Waals surface area contributed by atoms with Gasteiger partial charge < -0.3 is 10.1 Å². The van der Waals surface area contributed by atoms with Crippen molar-refractivity contribution in [3.05, 3.63) is 51.5 Å². The van der Waals surface area contributed by atoms with E-state index in [1.807, 2.05) is 0 Å². The van der Waals surface area contributed by atoms with Crippen molar-refractivity contribution in [2.75, 3.05) is 13.7 Å². The normalized spacial score (nSPS) is 12.4. The minimum atomic E-state index is -0.232. The van der Waals surface area contributed by atoms with Gasteiger partial charge in [0.05, 0.1) is 18.7 Å². The Labute approximate surface area is 123 Å². The third-order valence-electron chi connectivity index (χ3n) is 3.17. The number of benzene rings is 1. The molecule has 0 aliphatic carbocycles. The Morgan fingerprint density at radius 1 is 1.30 bits per heavy atom. The van der Waals surface area contributed by atoms with E-state index < -0.39 is 0 Å². The molecular weight excluding hydrogens is 273 g/mol. The number of hydrogen-bond acceptors (Lipinski definition) is 3. The summed E-state index contributed by atoms with van der Waals surface area (Å²) >= 11 is 1.68. The monoisotopic (exact) mass is 293 g/mol. The molecule has 1 aromatic heterocycles. The second-order valence-electron chi connectivity index (χ2n) is 4.69. The fraction of sp³-hybridized carbons (Fsp3) is 0.375. The van der Waals surface area contributed by atoms with Crippen LogP contribution in [0.2, 0.25) is 0 Å². The summed E-state index contributed by atoms with van der Waals surface area (Å²) in [6.45, 7) is 4.99. The fourth-order valence-electron chi connectivity index (χ4n) is 2.22. The van der Waals surface area contributed by atoms with Gasteiger partial charge in [0.25, 0.3) is 0 Å². The summed E-state index contributed by atoms with van der Waals surface area (Å²) in [5, 5.41) is 3.42. The Balaban J connectivity index is 2.46. The molecule has 0 spiro atoms. The van der Waals surface area contributed by atoms with Gasteiger partial charge in [0.2, 0.25) is 0 Å². The molecule has 1 unspecified atom stereocenters. The smallest absolute Gasteiger partial charge is 0.132 e. The van der Waals surface area contributed by atoms with Crippen molar-refractivity contribution in [1.29, 1.82) is 0 Å². The lowest BCUT2D eigenvalue weighted by Crippen LogP contribution is -2.24. The van der Waals surface area contributed by atoms with Crippen molar-refractivity contribution in [1.82, 2.24) is 5.32 Å². The maximum atomic E-state index is 14.3. The molecule has 0 aliphatic rings. The summed E-state index contributed by atoms with van der Waals surface area (Å²) in [6.07, 6.45) is 0.998. The molecule has 0 saturated heterocycles. The van der Waals surface area contributed by atoms with Gasteiger partial charge >= 0.3 is 0 Å². The first kappa shape index (κ1) is 15.0. The maximum absolute atomic E-state index is 14.3. The van der Waals surface area contributed by atoms with Gasteiger partial charge in [-0.1, -0.05) is 13.0 Å². The zero-order valence-electron chi connectivity index (χ0n) is 12.1. The highest BCUT2D eigenvalue weighted by atomic mass is 32.1. The number of ether oxygens (including phenoxy) is 1. The molecule has 0 saturated carbocycles. The summed E-state index contributed by atoms with van der Waals surface area (Å²) in [6, 6.07) is 8.92. The molecule has 2 rings (SSSR count). The molecule has 0 fully saturated rings. The molecule has 0 amide bonds. The van der Waals surface area contributed by atoms with Crippen molar-refractivity contribution >= 4 is 11.3 Å². The van der Waals surface area contributed by atoms with Gasteiger partial charge in [-0.15, -0.1) is 11.3 Å². The molecule has 0 bridgehead atoms. The van der Waals surface area contributed by atoms with Crippen molar-refractivity contribution in [2.45, 2.75) is 26.3 Å². The quantitative estimate of drug-likeness (QED) is 0.857. The van der Waals surface area contributed by atoms with Crippen molar-refractivity contribution < 1.29 is 9.13 Å². The number of halogens is 1. The van der Waals surface area contributed by atoms with Gasteiger partial charge in [-0.2, -0.15) is 0 Å². The van der Waals surface area contributed by atoms with Crippen molar-refractivity contribution in [3.63, 3.8) is 0 Å². The molecule has 2 aromatic rings. The largest absolute Gasteiger partial charge is 0.496 e. The van der Waals surface area contributed by atoms with Crippen LogP contribution < -0.4 is 10.1 Å². The van der Waals surface area contributed by atoms with E-state index >= 15 is 0 Å². The van der Waals surface area contributed by atoms with Gasteiger partial charge in [-0.05, 0) is 44.2 Å². The fourth-order valence-corrected chi connectivity index (χ4v) is 3.18. The van der Waals surface area contributed by atoms with E-state index in [-0.39, 0.29) is 11.9 Å². The molecule has 1 heterocycles. The number of rotatable bonds is 6. The second-order valence-corrected chi connectivity index (χ2v) is 6.01. The number of nitrogens with one attached hydrogen (secondary N) is 1. The van der Waals surface area contributed by atoms with Gasteiger partial charge in [0.15, 0.2) is 0 Å². The van der Waals surface area contributed by atoms with Crippen LogP contribution in [0.4, 0.5) is 4.39 Å². The van der Waals surface area contributed by atoms with E-state index in [0.717, 1.165) is 17.8 Å². The predicted octanol–water partition coefficient (Wildman–Crippen LogP) is 4.29. The topological polar surface area (TPSA) is 21.3 Å². The standard InChI is InChI=1S/C16H20FNOS/c1-4-10-18-16(14-9-8-11(2)20-14)15-12(17)6-5-7-13(15)19-3/h5-9,16,18H,4,10H2,1-3H3. The average molecular weight is 293 g/mol. The van der Waals surface area contributed by atoms with Gasteiger partial charge in [0.1, 0.15) is 11.6 Å². The number of aryl methyl sites for hydroxylation is 1. The molecular formula is C16H20FNOS. The van der Waals surface area contributed by atoms with E-state index in [2.05, 4.69) is 31.3 Å². The summed E-state index contributed by atoms with van der Waals surface area (Å²) in [4.78, 5) is 2.33. The van der Waals surface area contributed by atoms with E-state index in [9.17, 15) is 4.39 Å². The zero-order valence-corrected chi connectivity index (χ0v) is 12.9. The molecule has 1 N–H and O–H groups in total. The molecule has 1 atom stereocenters. The predicted molar refractivity (Wildman–Crippen MR) is 82.1 cm³/mol. The minimum Gasteiger partial charge on any atom is -0.496 e. The van der Waals surface area contributed by atoms with Crippen molar-refractivity contribution in [3.8, 4) is 5.75 Å². The Morgan fingerprint density at radius 2 is 2.10 bits per heavy atom. The van der Waals surface area contributed by atoms with Gasteiger partial charge in [-0.3, -0.25) is 0 Å². The van der Waals surface area contributed by atoms with Crippen molar-refractivity contribution in [2.24, 2.45) is 0 Å². The van der Waals surface area contributed by atoms with E-state index in [4.69, 9.17) is 4.74 Å². The number of thiophene rings is 1. The minimum absolute atomic E-state index is 0.162. The maximum Gasteiger partial charge on any atom is 0.132 e. The van der Waals surface area contributed by atoms with Crippen LogP contribution in [-0.2, 0) is 0 Å². The van der Waals surface area contributed by atoms with Crippen LogP contribution >= 0.6 is 11.3 Å². The number of methoxy groups -OCH3 is 1. The third kappa shape index (κ3) is 3.19. The SMILES string of the molecule is CCCNC(c1ccc(C)s1)c1c(F)cccc1OC. The molecule has 20 heavy (non-hydrogen) atoms. The lowest BCUT2D eigenvalue weighted by atomic mass is 10.0. The summed E-state index contributed by atoms with van der Waals surface area (Å²) < 4.78 is 19.6. The molecule has 2 nitrogen and oxygen atoms in total. The summed E-state index contributed by atoms with van der Waals surface area (Å²) in [5.41, 5.74) is 0.588. The number of hydrogen-bond donors (Lipinski definition) is 1. The first-order valence-electron chi connectivity index (χ1n) is 6.79. The summed E-state index contributed by atoms with van der Waals surface area (Å²) in [7, 11) is 1.58. The zero-order chi connectivity index (χ0) is 14.5. The van der Waals surface area contributed by atoms with E-state index in [1.54, 1.807) is 30.6 Å². The van der Waals surface area contributed by atoms with Crippen LogP contribution in [0.3, 0.4) is 0 Å². The highest BCUT2D eigenvalue weighted by Gasteiger charge is 2.22. The van der Waals surface area contributed by atoms with Gasteiger partial charge in [-0.25, -0.2) is 4.39 Å². The lowest BCUT2D eigenvalue weighted by Gasteiger charge is -2.20. The highest BCUT2D eigenvalue weighted by molar-refractivity contribution is 7.12. The Morgan fingerprint density at radius 3 is 2.70 bits per heavy atom.